The van der Waals surface area contributed by atoms with Crippen molar-refractivity contribution in [1.29, 1.82) is 0 Å². The number of hydrogen-bond donors (Lipinski definition) is 1. The number of rotatable bonds is 6. The van der Waals surface area contributed by atoms with Crippen LogP contribution in [0.25, 0.3) is 0 Å². The lowest BCUT2D eigenvalue weighted by Gasteiger charge is -2.22. The van der Waals surface area contributed by atoms with Gasteiger partial charge in [0.2, 0.25) is 5.95 Å². The van der Waals surface area contributed by atoms with Gasteiger partial charge in [-0.1, -0.05) is 12.8 Å². The number of aromatic nitrogens is 2. The van der Waals surface area contributed by atoms with Gasteiger partial charge in [-0.2, -0.15) is 4.98 Å². The molecule has 1 aliphatic rings. The van der Waals surface area contributed by atoms with Gasteiger partial charge in [-0.3, -0.25) is 0 Å². The third-order valence-corrected chi connectivity index (χ3v) is 3.84. The van der Waals surface area contributed by atoms with E-state index in [1.54, 1.807) is 0 Å². The van der Waals surface area contributed by atoms with Gasteiger partial charge in [0.25, 0.3) is 0 Å². The highest BCUT2D eigenvalue weighted by Gasteiger charge is 2.12. The number of aryl methyl sites for hydroxylation is 1. The van der Waals surface area contributed by atoms with Gasteiger partial charge in [-0.15, -0.1) is 0 Å². The lowest BCUT2D eigenvalue weighted by molar-refractivity contribution is 0.405. The van der Waals surface area contributed by atoms with E-state index in [0.717, 1.165) is 50.1 Å². The molecule has 0 bridgehead atoms. The molecule has 5 nitrogen and oxygen atoms in total. The number of nitrogens with one attached hydrogen (secondary N) is 1. The van der Waals surface area contributed by atoms with Crippen molar-refractivity contribution in [2.45, 2.75) is 39.0 Å². The summed E-state index contributed by atoms with van der Waals surface area (Å²) in [7, 11) is 4.20. The molecule has 1 aromatic heterocycles. The Bertz CT molecular complexity index is 425. The van der Waals surface area contributed by atoms with E-state index in [4.69, 9.17) is 4.98 Å². The van der Waals surface area contributed by atoms with Crippen LogP contribution in [0.2, 0.25) is 0 Å². The molecule has 2 heterocycles. The molecule has 1 N–H and O–H groups in total. The summed E-state index contributed by atoms with van der Waals surface area (Å²) in [6, 6.07) is 2.11. The zero-order valence-corrected chi connectivity index (χ0v) is 13.7. The Hall–Kier alpha value is -1.36. The molecule has 2 rings (SSSR count). The molecule has 0 aliphatic carbocycles. The van der Waals surface area contributed by atoms with Gasteiger partial charge in [0.1, 0.15) is 5.82 Å². The van der Waals surface area contributed by atoms with Crippen molar-refractivity contribution < 1.29 is 0 Å². The summed E-state index contributed by atoms with van der Waals surface area (Å²) in [5, 5.41) is 3.36. The first-order valence-corrected chi connectivity index (χ1v) is 8.14. The van der Waals surface area contributed by atoms with Crippen LogP contribution in [0.15, 0.2) is 6.07 Å². The van der Waals surface area contributed by atoms with Crippen LogP contribution < -0.4 is 10.2 Å². The molecule has 0 unspecified atom stereocenters. The van der Waals surface area contributed by atoms with E-state index in [0.29, 0.717) is 0 Å². The molecule has 0 saturated carbocycles. The Morgan fingerprint density at radius 3 is 2.52 bits per heavy atom. The highest BCUT2D eigenvalue weighted by atomic mass is 15.2. The largest absolute Gasteiger partial charge is 0.356 e. The lowest BCUT2D eigenvalue weighted by Crippen LogP contribution is -2.25. The van der Waals surface area contributed by atoms with Gasteiger partial charge < -0.3 is 15.1 Å². The molecular weight excluding hydrogens is 262 g/mol. The van der Waals surface area contributed by atoms with Gasteiger partial charge in [0.15, 0.2) is 0 Å². The molecule has 0 amide bonds. The topological polar surface area (TPSA) is 44.3 Å². The van der Waals surface area contributed by atoms with Gasteiger partial charge in [-0.05, 0) is 46.8 Å². The molecule has 5 heteroatoms. The maximum Gasteiger partial charge on any atom is 0.224 e. The molecule has 1 fully saturated rings. The normalized spacial score (nSPS) is 16.1. The van der Waals surface area contributed by atoms with Crippen LogP contribution in [0.5, 0.6) is 0 Å². The predicted molar refractivity (Wildman–Crippen MR) is 89.1 cm³/mol. The molecule has 0 atom stereocenters. The van der Waals surface area contributed by atoms with Gasteiger partial charge in [0.05, 0.1) is 0 Å². The maximum absolute atomic E-state index is 4.71. The van der Waals surface area contributed by atoms with E-state index in [9.17, 15) is 0 Å². The summed E-state index contributed by atoms with van der Waals surface area (Å²) in [4.78, 5) is 13.8. The molecule has 118 valence electrons. The Morgan fingerprint density at radius 1 is 1.14 bits per heavy atom. The fraction of sp³-hybridized carbons (Fsp3) is 0.750. The average molecular weight is 291 g/mol. The van der Waals surface area contributed by atoms with Gasteiger partial charge >= 0.3 is 0 Å². The van der Waals surface area contributed by atoms with Crippen molar-refractivity contribution in [3.05, 3.63) is 11.8 Å². The molecule has 1 aliphatic heterocycles. The second-order valence-electron chi connectivity index (χ2n) is 6.18. The predicted octanol–water partition coefficient (Wildman–Crippen LogP) is 2.53. The lowest BCUT2D eigenvalue weighted by atomic mass is 10.2. The number of anilines is 2. The smallest absolute Gasteiger partial charge is 0.224 e. The summed E-state index contributed by atoms with van der Waals surface area (Å²) in [6.45, 7) is 6.29. The van der Waals surface area contributed by atoms with E-state index in [-0.39, 0.29) is 0 Å². The second kappa shape index (κ2) is 8.17. The molecular formula is C16H29N5. The molecule has 0 aromatic carbocycles. The quantitative estimate of drug-likeness (QED) is 0.816. The van der Waals surface area contributed by atoms with Crippen molar-refractivity contribution in [3.63, 3.8) is 0 Å². The van der Waals surface area contributed by atoms with Crippen molar-refractivity contribution >= 4 is 11.8 Å². The van der Waals surface area contributed by atoms with Crippen LogP contribution in [0.1, 0.15) is 37.8 Å². The maximum atomic E-state index is 4.71. The standard InChI is InChI=1S/C16H29N5/c1-14-13-15(21-11-6-4-5-7-12-21)19-16(18-14)17-9-8-10-20(2)3/h13H,4-12H2,1-3H3,(H,17,18,19). The highest BCUT2D eigenvalue weighted by Crippen LogP contribution is 2.19. The monoisotopic (exact) mass is 291 g/mol. The minimum atomic E-state index is 0.771. The number of nitrogens with zero attached hydrogens (tertiary/aromatic N) is 4. The third kappa shape index (κ3) is 5.50. The summed E-state index contributed by atoms with van der Waals surface area (Å²) in [6.07, 6.45) is 6.33. The van der Waals surface area contributed by atoms with Crippen molar-refractivity contribution in [2.24, 2.45) is 0 Å². The average Bonchev–Trinajstić information content (AvgIpc) is 2.72. The van der Waals surface area contributed by atoms with Crippen LogP contribution in [0.3, 0.4) is 0 Å². The minimum absolute atomic E-state index is 0.771. The van der Waals surface area contributed by atoms with Crippen LogP contribution in [0.4, 0.5) is 11.8 Å². The van der Waals surface area contributed by atoms with E-state index in [1.165, 1.54) is 25.7 Å². The van der Waals surface area contributed by atoms with Crippen LogP contribution in [0, 0.1) is 6.92 Å². The SMILES string of the molecule is Cc1cc(N2CCCCCC2)nc(NCCCN(C)C)n1. The van der Waals surface area contributed by atoms with E-state index >= 15 is 0 Å². The molecule has 0 radical (unpaired) electrons. The first-order valence-electron chi connectivity index (χ1n) is 8.14. The van der Waals surface area contributed by atoms with Crippen molar-refractivity contribution in [3.8, 4) is 0 Å². The Kier molecular flexibility index (Phi) is 6.23. The van der Waals surface area contributed by atoms with E-state index in [1.807, 2.05) is 6.92 Å². The Labute approximate surface area is 128 Å². The van der Waals surface area contributed by atoms with Crippen molar-refractivity contribution in [1.82, 2.24) is 14.9 Å². The van der Waals surface area contributed by atoms with Crippen LogP contribution in [-0.2, 0) is 0 Å². The molecule has 21 heavy (non-hydrogen) atoms. The highest BCUT2D eigenvalue weighted by molar-refractivity contribution is 5.44. The van der Waals surface area contributed by atoms with E-state index < -0.39 is 0 Å². The summed E-state index contributed by atoms with van der Waals surface area (Å²) < 4.78 is 0. The minimum Gasteiger partial charge on any atom is -0.356 e. The first-order chi connectivity index (χ1) is 10.1. The Balaban J connectivity index is 1.95. The molecule has 0 spiro atoms. The molecule has 1 saturated heterocycles. The molecule has 1 aromatic rings. The fourth-order valence-corrected chi connectivity index (χ4v) is 2.69. The van der Waals surface area contributed by atoms with Gasteiger partial charge in [0, 0.05) is 31.4 Å². The summed E-state index contributed by atoms with van der Waals surface area (Å²) in [5.74, 6) is 1.85. The van der Waals surface area contributed by atoms with Crippen molar-refractivity contribution in [2.75, 3.05) is 50.5 Å². The van der Waals surface area contributed by atoms with E-state index in [2.05, 4.69) is 40.3 Å². The third-order valence-electron chi connectivity index (χ3n) is 3.84. The van der Waals surface area contributed by atoms with Gasteiger partial charge in [-0.25, -0.2) is 4.98 Å². The summed E-state index contributed by atoms with van der Waals surface area (Å²) >= 11 is 0. The Morgan fingerprint density at radius 2 is 1.86 bits per heavy atom. The van der Waals surface area contributed by atoms with Crippen LogP contribution >= 0.6 is 0 Å². The fourth-order valence-electron chi connectivity index (χ4n) is 2.69. The zero-order chi connectivity index (χ0) is 15.1. The second-order valence-corrected chi connectivity index (χ2v) is 6.18. The summed E-state index contributed by atoms with van der Waals surface area (Å²) in [5.41, 5.74) is 1.04. The number of hydrogen-bond acceptors (Lipinski definition) is 5. The zero-order valence-electron chi connectivity index (χ0n) is 13.7. The first kappa shape index (κ1) is 16.0. The van der Waals surface area contributed by atoms with Crippen LogP contribution in [-0.4, -0.2) is 55.1 Å².